The lowest BCUT2D eigenvalue weighted by atomic mass is 9.98. The van der Waals surface area contributed by atoms with Crippen LogP contribution in [0.2, 0.25) is 0 Å². The lowest BCUT2D eigenvalue weighted by molar-refractivity contribution is 0.0610. The maximum atomic E-state index is 13.5. The van der Waals surface area contributed by atoms with Gasteiger partial charge in [0.15, 0.2) is 11.4 Å². The van der Waals surface area contributed by atoms with Gasteiger partial charge in [0.2, 0.25) is 5.43 Å². The second-order valence-electron chi connectivity index (χ2n) is 8.61. The molecule has 2 heterocycles. The number of pyridine rings is 1. The predicted molar refractivity (Wildman–Crippen MR) is 130 cm³/mol. The molecule has 0 radical (unpaired) electrons. The molecule has 34 heavy (non-hydrogen) atoms. The number of carbonyl (C=O) groups excluding carboxylic acids is 1. The third-order valence-electron chi connectivity index (χ3n) is 5.87. The molecule has 3 aromatic rings. The summed E-state index contributed by atoms with van der Waals surface area (Å²) in [5.74, 6) is -0.942. The highest BCUT2D eigenvalue weighted by molar-refractivity contribution is 5.96. The molecule has 0 saturated heterocycles. The Labute approximate surface area is 199 Å². The van der Waals surface area contributed by atoms with Crippen molar-refractivity contribution in [3.63, 3.8) is 0 Å². The van der Waals surface area contributed by atoms with Gasteiger partial charge in [0, 0.05) is 26.3 Å². The number of nitrogens with zero attached hydrogens (tertiary/aromatic N) is 4. The largest absolute Gasteiger partial charge is 0.502 e. The molecule has 0 saturated carbocycles. The highest BCUT2D eigenvalue weighted by Gasteiger charge is 2.38. The molecule has 1 amide bonds. The van der Waals surface area contributed by atoms with Gasteiger partial charge in [-0.25, -0.2) is 4.68 Å². The Balaban J connectivity index is 1.99. The Hall–Kier alpha value is -3.62. The van der Waals surface area contributed by atoms with Crippen molar-refractivity contribution in [3.05, 3.63) is 99.5 Å². The van der Waals surface area contributed by atoms with Crippen LogP contribution in [-0.4, -0.2) is 66.5 Å². The fourth-order valence-corrected chi connectivity index (χ4v) is 4.39. The number of aromatic nitrogens is 1. The molecule has 0 unspecified atom stereocenters. The summed E-state index contributed by atoms with van der Waals surface area (Å²) >= 11 is 0. The molecule has 4 rings (SSSR count). The summed E-state index contributed by atoms with van der Waals surface area (Å²) in [5.41, 5.74) is 2.08. The average Bonchev–Trinajstić information content (AvgIpc) is 2.83. The quantitative estimate of drug-likeness (QED) is 0.554. The number of aromatic hydroxyl groups is 1. The average molecular weight is 463 g/mol. The SMILES string of the molecule is COCCN1CN(C(c2ccccc2)c2ccccc2)n2c(CN(C)C)cc(=O)c(O)c2C1=O. The van der Waals surface area contributed by atoms with Crippen molar-refractivity contribution in [2.24, 2.45) is 0 Å². The molecule has 0 aliphatic carbocycles. The number of benzene rings is 2. The topological polar surface area (TPSA) is 78.2 Å². The first-order valence-electron chi connectivity index (χ1n) is 11.2. The summed E-state index contributed by atoms with van der Waals surface area (Å²) in [4.78, 5) is 29.7. The zero-order chi connectivity index (χ0) is 24.2. The van der Waals surface area contributed by atoms with E-state index in [9.17, 15) is 14.7 Å². The molecule has 1 aromatic heterocycles. The predicted octanol–water partition coefficient (Wildman–Crippen LogP) is 2.40. The molecule has 0 fully saturated rings. The van der Waals surface area contributed by atoms with Gasteiger partial charge in [-0.05, 0) is 25.2 Å². The standard InChI is InChI=1S/C26H30N4O4/c1-27(2)17-21-16-22(31)25(32)24-26(33)28(14-15-34-3)18-29(30(21)24)23(19-10-6-4-7-11-19)20-12-8-5-9-13-20/h4-13,16,23,32H,14-15,17-18H2,1-3H3. The summed E-state index contributed by atoms with van der Waals surface area (Å²) < 4.78 is 6.96. The van der Waals surface area contributed by atoms with Gasteiger partial charge in [-0.15, -0.1) is 0 Å². The van der Waals surface area contributed by atoms with E-state index in [0.29, 0.717) is 25.4 Å². The first-order valence-corrected chi connectivity index (χ1v) is 11.2. The molecule has 0 bridgehead atoms. The fraction of sp³-hybridized carbons (Fsp3) is 0.308. The van der Waals surface area contributed by atoms with Crippen molar-refractivity contribution in [2.45, 2.75) is 12.6 Å². The number of hydrogen-bond acceptors (Lipinski definition) is 6. The monoisotopic (exact) mass is 462 g/mol. The minimum atomic E-state index is -0.569. The highest BCUT2D eigenvalue weighted by Crippen LogP contribution is 2.33. The number of fused-ring (bicyclic) bond motifs is 1. The smallest absolute Gasteiger partial charge is 0.277 e. The molecule has 1 aliphatic rings. The number of carbonyl (C=O) groups is 1. The summed E-state index contributed by atoms with van der Waals surface area (Å²) in [6.07, 6.45) is 0. The van der Waals surface area contributed by atoms with E-state index in [-0.39, 0.29) is 18.4 Å². The minimum Gasteiger partial charge on any atom is -0.502 e. The molecular formula is C26H30N4O4. The maximum absolute atomic E-state index is 13.5. The van der Waals surface area contributed by atoms with Gasteiger partial charge in [0.25, 0.3) is 5.91 Å². The molecule has 8 nitrogen and oxygen atoms in total. The molecule has 1 N–H and O–H groups in total. The minimum absolute atomic E-state index is 0.0245. The van der Waals surface area contributed by atoms with Crippen molar-refractivity contribution in [2.75, 3.05) is 46.0 Å². The lowest BCUT2D eigenvalue weighted by Crippen LogP contribution is -2.57. The Morgan fingerprint density at radius 2 is 1.59 bits per heavy atom. The first-order chi connectivity index (χ1) is 16.4. The van der Waals surface area contributed by atoms with Gasteiger partial charge >= 0.3 is 0 Å². The van der Waals surface area contributed by atoms with Crippen molar-refractivity contribution in [3.8, 4) is 5.75 Å². The Morgan fingerprint density at radius 1 is 1.00 bits per heavy atom. The van der Waals surface area contributed by atoms with Crippen LogP contribution >= 0.6 is 0 Å². The van der Waals surface area contributed by atoms with E-state index in [4.69, 9.17) is 4.74 Å². The van der Waals surface area contributed by atoms with E-state index in [1.54, 1.807) is 16.7 Å². The summed E-state index contributed by atoms with van der Waals surface area (Å²) in [6, 6.07) is 21.2. The number of rotatable bonds is 8. The van der Waals surface area contributed by atoms with Gasteiger partial charge in [-0.3, -0.25) is 14.6 Å². The van der Waals surface area contributed by atoms with Gasteiger partial charge in [0.1, 0.15) is 6.67 Å². The van der Waals surface area contributed by atoms with Crippen LogP contribution in [-0.2, 0) is 11.3 Å². The van der Waals surface area contributed by atoms with Crippen molar-refractivity contribution < 1.29 is 14.6 Å². The third-order valence-corrected chi connectivity index (χ3v) is 5.87. The van der Waals surface area contributed by atoms with Gasteiger partial charge < -0.3 is 19.6 Å². The Kier molecular flexibility index (Phi) is 7.00. The summed E-state index contributed by atoms with van der Waals surface area (Å²) in [5, 5.41) is 12.8. The number of hydrogen-bond donors (Lipinski definition) is 1. The van der Waals surface area contributed by atoms with Crippen LogP contribution < -0.4 is 10.4 Å². The number of amides is 1. The van der Waals surface area contributed by atoms with Crippen LogP contribution in [0.15, 0.2) is 71.5 Å². The zero-order valence-electron chi connectivity index (χ0n) is 19.7. The molecule has 1 aliphatic heterocycles. The Morgan fingerprint density at radius 3 is 2.12 bits per heavy atom. The molecule has 0 atom stereocenters. The van der Waals surface area contributed by atoms with Gasteiger partial charge in [0.05, 0.1) is 18.3 Å². The normalized spacial score (nSPS) is 13.6. The molecule has 2 aromatic carbocycles. The van der Waals surface area contributed by atoms with E-state index >= 15 is 0 Å². The van der Waals surface area contributed by atoms with Crippen LogP contribution in [0, 0.1) is 0 Å². The number of methoxy groups -OCH3 is 1. The van der Waals surface area contributed by atoms with Crippen LogP contribution in [0.4, 0.5) is 0 Å². The lowest BCUT2D eigenvalue weighted by Gasteiger charge is -2.45. The fourth-order valence-electron chi connectivity index (χ4n) is 4.39. The van der Waals surface area contributed by atoms with Crippen LogP contribution in [0.5, 0.6) is 5.75 Å². The highest BCUT2D eigenvalue weighted by atomic mass is 16.5. The summed E-state index contributed by atoms with van der Waals surface area (Å²) in [6.45, 7) is 1.34. The van der Waals surface area contributed by atoms with Gasteiger partial charge in [-0.1, -0.05) is 60.7 Å². The molecule has 0 spiro atoms. The van der Waals surface area contributed by atoms with Crippen LogP contribution in [0.25, 0.3) is 0 Å². The van der Waals surface area contributed by atoms with E-state index in [1.807, 2.05) is 84.7 Å². The second kappa shape index (κ2) is 10.1. The van der Waals surface area contributed by atoms with Crippen LogP contribution in [0.1, 0.15) is 33.4 Å². The van der Waals surface area contributed by atoms with E-state index in [0.717, 1.165) is 11.1 Å². The van der Waals surface area contributed by atoms with Crippen LogP contribution in [0.3, 0.4) is 0 Å². The first kappa shape index (κ1) is 23.5. The van der Waals surface area contributed by atoms with Crippen molar-refractivity contribution in [1.82, 2.24) is 14.5 Å². The van der Waals surface area contributed by atoms with Gasteiger partial charge in [-0.2, -0.15) is 0 Å². The summed E-state index contributed by atoms with van der Waals surface area (Å²) in [7, 11) is 5.38. The molecule has 8 heteroatoms. The van der Waals surface area contributed by atoms with Crippen molar-refractivity contribution in [1.29, 1.82) is 0 Å². The Bertz CT molecular complexity index is 1160. The maximum Gasteiger partial charge on any atom is 0.277 e. The van der Waals surface area contributed by atoms with E-state index < -0.39 is 17.1 Å². The van der Waals surface area contributed by atoms with Crippen molar-refractivity contribution >= 4 is 5.91 Å². The van der Waals surface area contributed by atoms with E-state index in [1.165, 1.54) is 6.07 Å². The molecule has 178 valence electrons. The zero-order valence-corrected chi connectivity index (χ0v) is 19.7. The van der Waals surface area contributed by atoms with E-state index in [2.05, 4.69) is 0 Å². The second-order valence-corrected chi connectivity index (χ2v) is 8.61. The number of ether oxygens (including phenoxy) is 1. The third kappa shape index (κ3) is 4.55. The molecular weight excluding hydrogens is 432 g/mol.